The van der Waals surface area contributed by atoms with E-state index in [0.717, 1.165) is 32.7 Å². The Morgan fingerprint density at radius 2 is 2.21 bits per heavy atom. The van der Waals surface area contributed by atoms with Crippen molar-refractivity contribution in [3.8, 4) is 22.8 Å². The Morgan fingerprint density at radius 1 is 1.32 bits per heavy atom. The van der Waals surface area contributed by atoms with Gasteiger partial charge in [0.1, 0.15) is 5.01 Å². The summed E-state index contributed by atoms with van der Waals surface area (Å²) < 4.78 is 12.4. The van der Waals surface area contributed by atoms with Crippen molar-refractivity contribution < 1.29 is 9.47 Å². The first-order chi connectivity index (χ1) is 9.33. The van der Waals surface area contributed by atoms with E-state index in [1.807, 2.05) is 24.4 Å². The molecule has 0 aliphatic carbocycles. The maximum absolute atomic E-state index is 5.56. The number of aromatic nitrogens is 3. The molecule has 3 aromatic rings. The molecule has 0 unspecified atom stereocenters. The first kappa shape index (κ1) is 10.8. The summed E-state index contributed by atoms with van der Waals surface area (Å²) in [7, 11) is 0. The molecule has 0 bridgehead atoms. The predicted octanol–water partition coefficient (Wildman–Crippen LogP) is 1.65. The van der Waals surface area contributed by atoms with Crippen LogP contribution in [0.3, 0.4) is 0 Å². The standard InChI is InChI=1S/C12H10N4O2S/c13-4-11-15-16-5-8(14-12(16)19-11)7-1-2-9-10(3-7)18-6-17-9/h1-3,5H,4,6,13H2. The molecule has 4 rings (SSSR count). The molecule has 0 atom stereocenters. The number of fused-ring (bicyclic) bond motifs is 2. The van der Waals surface area contributed by atoms with Gasteiger partial charge < -0.3 is 15.2 Å². The van der Waals surface area contributed by atoms with Crippen molar-refractivity contribution in [2.45, 2.75) is 6.54 Å². The zero-order chi connectivity index (χ0) is 12.8. The second kappa shape index (κ2) is 3.94. The van der Waals surface area contributed by atoms with Gasteiger partial charge in [0, 0.05) is 12.1 Å². The third-order valence-corrected chi connectivity index (χ3v) is 3.87. The van der Waals surface area contributed by atoms with Crippen molar-refractivity contribution in [1.82, 2.24) is 14.6 Å². The van der Waals surface area contributed by atoms with Crippen LogP contribution in [0.4, 0.5) is 0 Å². The fraction of sp³-hybridized carbons (Fsp3) is 0.167. The summed E-state index contributed by atoms with van der Waals surface area (Å²) in [5.41, 5.74) is 7.40. The molecule has 19 heavy (non-hydrogen) atoms. The minimum atomic E-state index is 0.276. The summed E-state index contributed by atoms with van der Waals surface area (Å²) >= 11 is 1.50. The highest BCUT2D eigenvalue weighted by Crippen LogP contribution is 2.35. The number of ether oxygens (including phenoxy) is 2. The van der Waals surface area contributed by atoms with Gasteiger partial charge in [0.2, 0.25) is 11.8 Å². The Kier molecular flexibility index (Phi) is 2.23. The topological polar surface area (TPSA) is 74.7 Å². The highest BCUT2D eigenvalue weighted by atomic mass is 32.1. The van der Waals surface area contributed by atoms with Gasteiger partial charge in [0.05, 0.1) is 11.9 Å². The highest BCUT2D eigenvalue weighted by molar-refractivity contribution is 7.16. The van der Waals surface area contributed by atoms with Gasteiger partial charge in [0.25, 0.3) is 0 Å². The number of nitrogens with two attached hydrogens (primary N) is 1. The second-order valence-electron chi connectivity index (χ2n) is 4.12. The summed E-state index contributed by atoms with van der Waals surface area (Å²) in [5.74, 6) is 1.53. The van der Waals surface area contributed by atoms with Crippen LogP contribution in [0.5, 0.6) is 11.5 Å². The van der Waals surface area contributed by atoms with Crippen molar-refractivity contribution in [3.05, 3.63) is 29.4 Å². The van der Waals surface area contributed by atoms with E-state index in [1.165, 1.54) is 11.3 Å². The molecule has 3 heterocycles. The molecule has 7 heteroatoms. The molecular formula is C12H10N4O2S. The van der Waals surface area contributed by atoms with Crippen molar-refractivity contribution >= 4 is 16.3 Å². The summed E-state index contributed by atoms with van der Waals surface area (Å²) in [5, 5.41) is 5.22. The van der Waals surface area contributed by atoms with Crippen LogP contribution in [0.2, 0.25) is 0 Å². The van der Waals surface area contributed by atoms with Gasteiger partial charge in [-0.3, -0.25) is 0 Å². The highest BCUT2D eigenvalue weighted by Gasteiger charge is 2.15. The van der Waals surface area contributed by atoms with Crippen molar-refractivity contribution in [2.24, 2.45) is 5.73 Å². The molecular weight excluding hydrogens is 264 g/mol. The summed E-state index contributed by atoms with van der Waals surface area (Å²) in [6, 6.07) is 5.78. The number of imidazole rings is 1. The Balaban J connectivity index is 1.79. The van der Waals surface area contributed by atoms with Crippen molar-refractivity contribution in [1.29, 1.82) is 0 Å². The van der Waals surface area contributed by atoms with E-state index < -0.39 is 0 Å². The molecule has 0 spiro atoms. The normalized spacial score (nSPS) is 13.3. The van der Waals surface area contributed by atoms with Gasteiger partial charge >= 0.3 is 0 Å². The van der Waals surface area contributed by atoms with Crippen molar-refractivity contribution in [3.63, 3.8) is 0 Å². The van der Waals surface area contributed by atoms with Crippen LogP contribution in [0.1, 0.15) is 5.01 Å². The molecule has 1 aliphatic rings. The summed E-state index contributed by atoms with van der Waals surface area (Å²) in [6.45, 7) is 0.714. The second-order valence-corrected chi connectivity index (χ2v) is 5.16. The Hall–Kier alpha value is -2.12. The lowest BCUT2D eigenvalue weighted by Crippen LogP contribution is -1.95. The fourth-order valence-electron chi connectivity index (χ4n) is 2.02. The van der Waals surface area contributed by atoms with Gasteiger partial charge in [-0.05, 0) is 18.2 Å². The molecule has 2 aromatic heterocycles. The van der Waals surface area contributed by atoms with E-state index in [2.05, 4.69) is 10.1 Å². The minimum Gasteiger partial charge on any atom is -0.454 e. The smallest absolute Gasteiger partial charge is 0.231 e. The molecule has 0 radical (unpaired) electrons. The Bertz CT molecular complexity index is 733. The van der Waals surface area contributed by atoms with Crippen LogP contribution < -0.4 is 15.2 Å². The molecule has 0 amide bonds. The van der Waals surface area contributed by atoms with Crippen LogP contribution >= 0.6 is 11.3 Å². The van der Waals surface area contributed by atoms with Gasteiger partial charge in [-0.15, -0.1) is 0 Å². The minimum absolute atomic E-state index is 0.276. The van der Waals surface area contributed by atoms with Crippen LogP contribution in [0, 0.1) is 0 Å². The maximum Gasteiger partial charge on any atom is 0.231 e. The van der Waals surface area contributed by atoms with Crippen LogP contribution in [-0.2, 0) is 6.54 Å². The van der Waals surface area contributed by atoms with E-state index in [-0.39, 0.29) is 6.79 Å². The van der Waals surface area contributed by atoms with Gasteiger partial charge in [0.15, 0.2) is 11.5 Å². The lowest BCUT2D eigenvalue weighted by molar-refractivity contribution is 0.174. The van der Waals surface area contributed by atoms with Crippen LogP contribution in [0.25, 0.3) is 16.2 Å². The van der Waals surface area contributed by atoms with Gasteiger partial charge in [-0.2, -0.15) is 5.10 Å². The van der Waals surface area contributed by atoms with Crippen LogP contribution in [-0.4, -0.2) is 21.4 Å². The summed E-state index contributed by atoms with van der Waals surface area (Å²) in [4.78, 5) is 5.38. The largest absolute Gasteiger partial charge is 0.454 e. The lowest BCUT2D eigenvalue weighted by Gasteiger charge is -1.98. The zero-order valence-corrected chi connectivity index (χ0v) is 10.7. The molecule has 0 saturated carbocycles. The molecule has 2 N–H and O–H groups in total. The SMILES string of the molecule is NCc1nn2cc(-c3ccc4c(c3)OCO4)nc2s1. The molecule has 96 valence electrons. The number of nitrogens with zero attached hydrogens (tertiary/aromatic N) is 3. The quantitative estimate of drug-likeness (QED) is 0.769. The molecule has 0 fully saturated rings. The number of hydrogen-bond donors (Lipinski definition) is 1. The first-order valence-corrected chi connectivity index (χ1v) is 6.60. The van der Waals surface area contributed by atoms with E-state index >= 15 is 0 Å². The molecule has 6 nitrogen and oxygen atoms in total. The van der Waals surface area contributed by atoms with Gasteiger partial charge in [-0.25, -0.2) is 9.50 Å². The number of rotatable bonds is 2. The lowest BCUT2D eigenvalue weighted by atomic mass is 10.1. The van der Waals surface area contributed by atoms with Gasteiger partial charge in [-0.1, -0.05) is 11.3 Å². The molecule has 1 aliphatic heterocycles. The number of benzene rings is 1. The van der Waals surface area contributed by atoms with E-state index in [1.54, 1.807) is 4.52 Å². The average Bonchev–Trinajstić information content (AvgIpc) is 3.10. The predicted molar refractivity (Wildman–Crippen MR) is 70.3 cm³/mol. The Labute approximate surface area is 112 Å². The Morgan fingerprint density at radius 3 is 3.05 bits per heavy atom. The third-order valence-electron chi connectivity index (χ3n) is 2.93. The first-order valence-electron chi connectivity index (χ1n) is 5.78. The maximum atomic E-state index is 5.56. The van der Waals surface area contributed by atoms with Crippen LogP contribution in [0.15, 0.2) is 24.4 Å². The monoisotopic (exact) mass is 274 g/mol. The van der Waals surface area contributed by atoms with E-state index in [4.69, 9.17) is 15.2 Å². The summed E-state index contributed by atoms with van der Waals surface area (Å²) in [6.07, 6.45) is 1.89. The van der Waals surface area contributed by atoms with E-state index in [9.17, 15) is 0 Å². The number of hydrogen-bond acceptors (Lipinski definition) is 6. The van der Waals surface area contributed by atoms with Crippen molar-refractivity contribution in [2.75, 3.05) is 6.79 Å². The third kappa shape index (κ3) is 1.66. The molecule has 1 aromatic carbocycles. The zero-order valence-electron chi connectivity index (χ0n) is 9.87. The van der Waals surface area contributed by atoms with E-state index in [0.29, 0.717) is 6.54 Å². The molecule has 0 saturated heterocycles. The average molecular weight is 274 g/mol. The fourth-order valence-corrected chi connectivity index (χ4v) is 2.77.